The number of phenolic OH excluding ortho intramolecular Hbond substituents is 2. The standard InChI is InChI=1S/C29H22O9/c1-35-16-8-9-23-18(10-16)28(34)19(14-37-23)17(11-25(33)36-2)26-20(30)12-21(31)27-22(32)13-24(38-29(26)27)15-6-4-3-5-7-15/h3-10,12-14,17,30-31H,11H2,1-2H3. The molecule has 0 bridgehead atoms. The number of fused-ring (bicyclic) bond motifs is 2. The van der Waals surface area contributed by atoms with Crippen molar-refractivity contribution in [2.45, 2.75) is 12.3 Å². The van der Waals surface area contributed by atoms with Crippen LogP contribution in [0.1, 0.15) is 23.5 Å². The van der Waals surface area contributed by atoms with Crippen molar-refractivity contribution in [1.82, 2.24) is 0 Å². The summed E-state index contributed by atoms with van der Waals surface area (Å²) in [6, 6.07) is 15.7. The molecule has 3 aromatic carbocycles. The molecule has 192 valence electrons. The first kappa shape index (κ1) is 24.6. The number of esters is 1. The lowest BCUT2D eigenvalue weighted by molar-refractivity contribution is -0.140. The first-order valence-electron chi connectivity index (χ1n) is 11.6. The number of hydrogen-bond donors (Lipinski definition) is 2. The van der Waals surface area contributed by atoms with Gasteiger partial charge < -0.3 is 28.5 Å². The predicted molar refractivity (Wildman–Crippen MR) is 139 cm³/mol. The van der Waals surface area contributed by atoms with Crippen LogP contribution in [0.4, 0.5) is 0 Å². The third kappa shape index (κ3) is 4.24. The molecular formula is C29H22O9. The number of hydrogen-bond acceptors (Lipinski definition) is 9. The minimum atomic E-state index is -1.16. The van der Waals surface area contributed by atoms with Gasteiger partial charge >= 0.3 is 5.97 Å². The van der Waals surface area contributed by atoms with E-state index >= 15 is 0 Å². The van der Waals surface area contributed by atoms with E-state index in [1.54, 1.807) is 42.5 Å². The Hall–Kier alpha value is -5.05. The van der Waals surface area contributed by atoms with Crippen LogP contribution >= 0.6 is 0 Å². The molecule has 5 aromatic rings. The van der Waals surface area contributed by atoms with Gasteiger partial charge in [-0.3, -0.25) is 14.4 Å². The average Bonchev–Trinajstić information content (AvgIpc) is 2.92. The van der Waals surface area contributed by atoms with Crippen LogP contribution in [0.2, 0.25) is 0 Å². The Morgan fingerprint density at radius 3 is 2.45 bits per heavy atom. The lowest BCUT2D eigenvalue weighted by Gasteiger charge is -2.19. The van der Waals surface area contributed by atoms with E-state index in [4.69, 9.17) is 18.3 Å². The fourth-order valence-electron chi connectivity index (χ4n) is 4.51. The van der Waals surface area contributed by atoms with E-state index in [0.717, 1.165) is 6.07 Å². The molecule has 0 aliphatic heterocycles. The van der Waals surface area contributed by atoms with Gasteiger partial charge in [0.15, 0.2) is 10.9 Å². The second kappa shape index (κ2) is 9.78. The Bertz CT molecular complexity index is 1800. The summed E-state index contributed by atoms with van der Waals surface area (Å²) in [6.07, 6.45) is 0.797. The van der Waals surface area contributed by atoms with E-state index in [0.29, 0.717) is 11.3 Å². The van der Waals surface area contributed by atoms with Crippen molar-refractivity contribution in [2.24, 2.45) is 0 Å². The summed E-state index contributed by atoms with van der Waals surface area (Å²) in [6.45, 7) is 0. The molecule has 0 saturated carbocycles. The lowest BCUT2D eigenvalue weighted by atomic mass is 9.86. The van der Waals surface area contributed by atoms with Crippen molar-refractivity contribution < 1.29 is 33.3 Å². The summed E-state index contributed by atoms with van der Waals surface area (Å²) in [5.74, 6) is -2.26. The quantitative estimate of drug-likeness (QED) is 0.309. The van der Waals surface area contributed by atoms with Gasteiger partial charge in [0, 0.05) is 34.7 Å². The number of ether oxygens (including phenoxy) is 2. The molecule has 9 heteroatoms. The Labute approximate surface area is 215 Å². The molecule has 1 atom stereocenters. The van der Waals surface area contributed by atoms with Crippen LogP contribution in [-0.2, 0) is 9.53 Å². The summed E-state index contributed by atoms with van der Waals surface area (Å²) < 4.78 is 21.9. The summed E-state index contributed by atoms with van der Waals surface area (Å²) in [4.78, 5) is 39.3. The van der Waals surface area contributed by atoms with Crippen LogP contribution in [0, 0.1) is 0 Å². The van der Waals surface area contributed by atoms with E-state index < -0.39 is 40.7 Å². The fourth-order valence-corrected chi connectivity index (χ4v) is 4.51. The largest absolute Gasteiger partial charge is 0.507 e. The van der Waals surface area contributed by atoms with E-state index in [-0.39, 0.29) is 38.8 Å². The lowest BCUT2D eigenvalue weighted by Crippen LogP contribution is -2.19. The third-order valence-electron chi connectivity index (χ3n) is 6.38. The summed E-state index contributed by atoms with van der Waals surface area (Å²) in [5, 5.41) is 21.5. The van der Waals surface area contributed by atoms with Crippen LogP contribution in [0.5, 0.6) is 17.2 Å². The average molecular weight is 514 g/mol. The van der Waals surface area contributed by atoms with Crippen molar-refractivity contribution in [3.05, 3.63) is 98.5 Å². The van der Waals surface area contributed by atoms with Crippen molar-refractivity contribution >= 4 is 27.9 Å². The normalized spacial score (nSPS) is 11.9. The zero-order valence-corrected chi connectivity index (χ0v) is 20.4. The van der Waals surface area contributed by atoms with E-state index in [1.165, 1.54) is 32.6 Å². The zero-order valence-electron chi connectivity index (χ0n) is 20.4. The molecule has 0 saturated heterocycles. The van der Waals surface area contributed by atoms with Gasteiger partial charge in [0.1, 0.15) is 39.6 Å². The second-order valence-corrected chi connectivity index (χ2v) is 8.59. The molecule has 1 unspecified atom stereocenters. The molecule has 38 heavy (non-hydrogen) atoms. The highest BCUT2D eigenvalue weighted by Gasteiger charge is 2.31. The van der Waals surface area contributed by atoms with Crippen molar-refractivity contribution in [1.29, 1.82) is 0 Å². The molecule has 0 radical (unpaired) electrons. The predicted octanol–water partition coefficient (Wildman–Crippen LogP) is 4.68. The van der Waals surface area contributed by atoms with Crippen molar-refractivity contribution in [3.8, 4) is 28.6 Å². The monoisotopic (exact) mass is 514 g/mol. The van der Waals surface area contributed by atoms with Crippen LogP contribution in [0.15, 0.2) is 85.4 Å². The zero-order chi connectivity index (χ0) is 27.0. The summed E-state index contributed by atoms with van der Waals surface area (Å²) in [5.41, 5.74) is -0.417. The van der Waals surface area contributed by atoms with Crippen LogP contribution < -0.4 is 15.6 Å². The maximum atomic E-state index is 13.7. The molecule has 2 heterocycles. The van der Waals surface area contributed by atoms with Gasteiger partial charge in [0.05, 0.1) is 32.3 Å². The number of aromatic hydroxyl groups is 2. The minimum absolute atomic E-state index is 0.00575. The fraction of sp³-hybridized carbons (Fsp3) is 0.138. The molecule has 0 amide bonds. The van der Waals surface area contributed by atoms with Crippen molar-refractivity contribution in [2.75, 3.05) is 14.2 Å². The van der Waals surface area contributed by atoms with Crippen LogP contribution in [-0.4, -0.2) is 30.4 Å². The maximum Gasteiger partial charge on any atom is 0.306 e. The van der Waals surface area contributed by atoms with Gasteiger partial charge in [-0.05, 0) is 18.2 Å². The number of rotatable bonds is 6. The smallest absolute Gasteiger partial charge is 0.306 e. The molecule has 2 N–H and O–H groups in total. The van der Waals surface area contributed by atoms with Gasteiger partial charge in [-0.2, -0.15) is 0 Å². The van der Waals surface area contributed by atoms with Gasteiger partial charge in [0.2, 0.25) is 0 Å². The first-order valence-corrected chi connectivity index (χ1v) is 11.6. The number of carbonyl (C=O) groups is 1. The summed E-state index contributed by atoms with van der Waals surface area (Å²) in [7, 11) is 2.65. The topological polar surface area (TPSA) is 136 Å². The number of phenols is 2. The van der Waals surface area contributed by atoms with E-state index in [2.05, 4.69) is 0 Å². The van der Waals surface area contributed by atoms with Gasteiger partial charge in [-0.15, -0.1) is 0 Å². The molecule has 0 aliphatic rings. The van der Waals surface area contributed by atoms with Crippen LogP contribution in [0.25, 0.3) is 33.3 Å². The van der Waals surface area contributed by atoms with E-state index in [1.807, 2.05) is 0 Å². The SMILES string of the molecule is COC(=O)CC(c1coc2ccc(OC)cc2c1=O)c1c(O)cc(O)c2c(=O)cc(-c3ccccc3)oc12. The highest BCUT2D eigenvalue weighted by Crippen LogP contribution is 2.42. The minimum Gasteiger partial charge on any atom is -0.507 e. The Morgan fingerprint density at radius 1 is 0.974 bits per heavy atom. The number of methoxy groups -OCH3 is 2. The molecule has 9 nitrogen and oxygen atoms in total. The van der Waals surface area contributed by atoms with Crippen molar-refractivity contribution in [3.63, 3.8) is 0 Å². The first-order chi connectivity index (χ1) is 18.3. The molecule has 5 rings (SSSR count). The maximum absolute atomic E-state index is 13.7. The Morgan fingerprint density at radius 2 is 1.74 bits per heavy atom. The molecule has 0 aliphatic carbocycles. The molecule has 2 aromatic heterocycles. The van der Waals surface area contributed by atoms with Crippen LogP contribution in [0.3, 0.4) is 0 Å². The molecule has 0 spiro atoms. The molecular weight excluding hydrogens is 492 g/mol. The van der Waals surface area contributed by atoms with Gasteiger partial charge in [-0.1, -0.05) is 30.3 Å². The van der Waals surface area contributed by atoms with Gasteiger partial charge in [0.25, 0.3) is 0 Å². The van der Waals surface area contributed by atoms with Gasteiger partial charge in [-0.25, -0.2) is 0 Å². The highest BCUT2D eigenvalue weighted by molar-refractivity contribution is 5.91. The number of benzene rings is 3. The Balaban J connectivity index is 1.84. The number of carbonyl (C=O) groups excluding carboxylic acids is 1. The second-order valence-electron chi connectivity index (χ2n) is 8.59. The highest BCUT2D eigenvalue weighted by atomic mass is 16.5. The molecule has 0 fully saturated rings. The summed E-state index contributed by atoms with van der Waals surface area (Å²) >= 11 is 0. The third-order valence-corrected chi connectivity index (χ3v) is 6.38. The van der Waals surface area contributed by atoms with E-state index in [9.17, 15) is 24.6 Å². The Kier molecular flexibility index (Phi) is 6.34.